The minimum absolute atomic E-state index is 0.146. The van der Waals surface area contributed by atoms with Crippen LogP contribution in [-0.4, -0.2) is 48.8 Å². The summed E-state index contributed by atoms with van der Waals surface area (Å²) in [5.74, 6) is 0.742. The summed E-state index contributed by atoms with van der Waals surface area (Å²) in [7, 11) is 1.68. The van der Waals surface area contributed by atoms with Crippen molar-refractivity contribution in [2.75, 3.05) is 26.9 Å². The number of benzene rings is 2. The molecule has 0 bridgehead atoms. The van der Waals surface area contributed by atoms with Crippen molar-refractivity contribution < 1.29 is 23.8 Å². The van der Waals surface area contributed by atoms with Crippen LogP contribution < -0.4 is 9.47 Å². The van der Waals surface area contributed by atoms with Gasteiger partial charge in [-0.15, -0.1) is 0 Å². The van der Waals surface area contributed by atoms with E-state index in [9.17, 15) is 9.59 Å². The molecule has 0 aromatic heterocycles. The predicted octanol–water partition coefficient (Wildman–Crippen LogP) is 5.67. The molecule has 0 aliphatic carbocycles. The molecule has 1 aliphatic rings. The van der Waals surface area contributed by atoms with Gasteiger partial charge in [-0.1, -0.05) is 12.7 Å². The SMILES string of the molecule is C=CCOc1c(I)cc(/C=C2\SC(=Nc3ccc(C(=O)OCC)cc3)N(C)C2=O)cc1OCC. The van der Waals surface area contributed by atoms with Crippen molar-refractivity contribution in [3.8, 4) is 11.5 Å². The number of amides is 1. The predicted molar refractivity (Wildman–Crippen MR) is 144 cm³/mol. The minimum Gasteiger partial charge on any atom is -0.490 e. The van der Waals surface area contributed by atoms with Gasteiger partial charge in [-0.3, -0.25) is 9.69 Å². The van der Waals surface area contributed by atoms with E-state index in [1.807, 2.05) is 25.1 Å². The molecule has 0 atom stereocenters. The van der Waals surface area contributed by atoms with E-state index in [2.05, 4.69) is 34.2 Å². The second kappa shape index (κ2) is 12.1. The molecule has 1 heterocycles. The number of likely N-dealkylation sites (N-methyl/N-ethyl adjacent to an activating group) is 1. The highest BCUT2D eigenvalue weighted by Crippen LogP contribution is 2.37. The largest absolute Gasteiger partial charge is 0.490 e. The fourth-order valence-corrected chi connectivity index (χ4v) is 4.78. The van der Waals surface area contributed by atoms with Crippen LogP contribution in [0.25, 0.3) is 6.08 Å². The lowest BCUT2D eigenvalue weighted by molar-refractivity contribution is -0.121. The maximum atomic E-state index is 12.9. The zero-order valence-corrected chi connectivity index (χ0v) is 22.1. The van der Waals surface area contributed by atoms with Crippen LogP contribution in [-0.2, 0) is 9.53 Å². The first-order valence-electron chi connectivity index (χ1n) is 10.6. The van der Waals surface area contributed by atoms with Gasteiger partial charge in [0.15, 0.2) is 16.7 Å². The van der Waals surface area contributed by atoms with Gasteiger partial charge in [0.25, 0.3) is 5.91 Å². The van der Waals surface area contributed by atoms with Crippen molar-refractivity contribution in [3.05, 3.63) is 68.7 Å². The van der Waals surface area contributed by atoms with Crippen LogP contribution in [0.4, 0.5) is 5.69 Å². The lowest BCUT2D eigenvalue weighted by Gasteiger charge is -2.13. The Morgan fingerprint density at radius 2 is 1.91 bits per heavy atom. The van der Waals surface area contributed by atoms with Crippen LogP contribution in [0.3, 0.4) is 0 Å². The smallest absolute Gasteiger partial charge is 0.338 e. The summed E-state index contributed by atoms with van der Waals surface area (Å²) >= 11 is 3.48. The van der Waals surface area contributed by atoms with Crippen molar-refractivity contribution in [2.24, 2.45) is 4.99 Å². The molecule has 1 amide bonds. The Kier molecular flexibility index (Phi) is 9.17. The lowest BCUT2D eigenvalue weighted by atomic mass is 10.2. The number of nitrogens with zero attached hydrogens (tertiary/aromatic N) is 2. The first-order valence-corrected chi connectivity index (χ1v) is 12.5. The molecule has 0 spiro atoms. The van der Waals surface area contributed by atoms with Gasteiger partial charge in [0.2, 0.25) is 0 Å². The number of ether oxygens (including phenoxy) is 3. The number of hydrogen-bond donors (Lipinski definition) is 0. The zero-order chi connectivity index (χ0) is 24.7. The minimum atomic E-state index is -0.378. The van der Waals surface area contributed by atoms with Crippen molar-refractivity contribution >= 4 is 63.2 Å². The number of carbonyl (C=O) groups is 2. The molecule has 0 radical (unpaired) electrons. The Bertz CT molecular complexity index is 1140. The molecule has 34 heavy (non-hydrogen) atoms. The summed E-state index contributed by atoms with van der Waals surface area (Å²) in [6, 6.07) is 10.5. The normalized spacial score (nSPS) is 15.6. The van der Waals surface area contributed by atoms with E-state index in [4.69, 9.17) is 14.2 Å². The van der Waals surface area contributed by atoms with Gasteiger partial charge in [0, 0.05) is 7.05 Å². The van der Waals surface area contributed by atoms with Crippen LogP contribution in [0.5, 0.6) is 11.5 Å². The molecule has 9 heteroatoms. The van der Waals surface area contributed by atoms with Crippen molar-refractivity contribution in [2.45, 2.75) is 13.8 Å². The highest BCUT2D eigenvalue weighted by atomic mass is 127. The number of amidine groups is 1. The van der Waals surface area contributed by atoms with Gasteiger partial charge in [-0.05, 0) is 96.2 Å². The first-order chi connectivity index (χ1) is 16.4. The third-order valence-electron chi connectivity index (χ3n) is 4.58. The molecule has 1 saturated heterocycles. The Morgan fingerprint density at radius 3 is 2.56 bits per heavy atom. The van der Waals surface area contributed by atoms with E-state index in [0.29, 0.717) is 52.6 Å². The third-order valence-corrected chi connectivity index (χ3v) is 6.44. The molecule has 3 rings (SSSR count). The van der Waals surface area contributed by atoms with Crippen LogP contribution in [0.15, 0.2) is 59.0 Å². The number of aliphatic imine (C=N–C) groups is 1. The molecule has 0 unspecified atom stereocenters. The van der Waals surface area contributed by atoms with E-state index in [1.165, 1.54) is 16.7 Å². The molecular weight excluding hydrogens is 567 g/mol. The third kappa shape index (κ3) is 6.20. The molecule has 2 aromatic carbocycles. The van der Waals surface area contributed by atoms with Gasteiger partial charge in [0.05, 0.1) is 32.9 Å². The van der Waals surface area contributed by atoms with E-state index in [-0.39, 0.29) is 11.9 Å². The Morgan fingerprint density at radius 1 is 1.18 bits per heavy atom. The fourth-order valence-electron chi connectivity index (χ4n) is 3.02. The van der Waals surface area contributed by atoms with Crippen molar-refractivity contribution in [3.63, 3.8) is 0 Å². The van der Waals surface area contributed by atoms with Crippen LogP contribution in [0, 0.1) is 3.57 Å². The molecule has 7 nitrogen and oxygen atoms in total. The molecular formula is C25H25IN2O5S. The summed E-state index contributed by atoms with van der Waals surface area (Å²) in [6.07, 6.45) is 3.49. The van der Waals surface area contributed by atoms with E-state index < -0.39 is 0 Å². The quantitative estimate of drug-likeness (QED) is 0.162. The maximum absolute atomic E-state index is 12.9. The van der Waals surface area contributed by atoms with E-state index >= 15 is 0 Å². The van der Waals surface area contributed by atoms with Crippen molar-refractivity contribution in [1.82, 2.24) is 4.90 Å². The number of halogens is 1. The van der Waals surface area contributed by atoms with Crippen LogP contribution in [0.2, 0.25) is 0 Å². The second-order valence-corrected chi connectivity index (χ2v) is 9.17. The molecule has 0 N–H and O–H groups in total. The zero-order valence-electron chi connectivity index (χ0n) is 19.2. The van der Waals surface area contributed by atoms with E-state index in [1.54, 1.807) is 44.3 Å². The number of esters is 1. The van der Waals surface area contributed by atoms with Gasteiger partial charge >= 0.3 is 5.97 Å². The van der Waals surface area contributed by atoms with Crippen LogP contribution >= 0.6 is 34.4 Å². The van der Waals surface area contributed by atoms with Gasteiger partial charge < -0.3 is 14.2 Å². The number of hydrogen-bond acceptors (Lipinski definition) is 7. The Balaban J connectivity index is 1.85. The topological polar surface area (TPSA) is 77.4 Å². The van der Waals surface area contributed by atoms with E-state index in [0.717, 1.165) is 9.13 Å². The van der Waals surface area contributed by atoms with Crippen molar-refractivity contribution in [1.29, 1.82) is 0 Å². The summed E-state index contributed by atoms with van der Waals surface area (Å²) in [4.78, 5) is 31.3. The van der Waals surface area contributed by atoms with Crippen LogP contribution in [0.1, 0.15) is 29.8 Å². The first kappa shape index (κ1) is 25.8. The molecule has 0 saturated carbocycles. The Hall–Kier alpha value is -2.79. The standard InChI is InChI=1S/C25H25IN2O5S/c1-5-12-33-22-19(26)13-16(14-20(22)31-6-2)15-21-23(29)28(4)25(34-21)27-18-10-8-17(9-11-18)24(30)32-7-3/h5,8-11,13-15H,1,6-7,12H2,2-4H3/b21-15-,27-25?. The molecule has 1 fully saturated rings. The lowest BCUT2D eigenvalue weighted by Crippen LogP contribution is -2.23. The maximum Gasteiger partial charge on any atom is 0.338 e. The number of rotatable bonds is 9. The number of carbonyl (C=O) groups excluding carboxylic acids is 2. The average Bonchev–Trinajstić information content (AvgIpc) is 3.07. The highest BCUT2D eigenvalue weighted by molar-refractivity contribution is 14.1. The highest BCUT2D eigenvalue weighted by Gasteiger charge is 2.30. The average molecular weight is 592 g/mol. The molecule has 1 aliphatic heterocycles. The monoisotopic (exact) mass is 592 g/mol. The molecule has 2 aromatic rings. The molecule has 178 valence electrons. The summed E-state index contributed by atoms with van der Waals surface area (Å²) < 4.78 is 17.4. The fraction of sp³-hybridized carbons (Fsp3) is 0.240. The van der Waals surface area contributed by atoms with Gasteiger partial charge in [-0.2, -0.15) is 0 Å². The second-order valence-electron chi connectivity index (χ2n) is 7.00. The number of thioether (sulfide) groups is 1. The summed E-state index contributed by atoms with van der Waals surface area (Å²) in [5, 5.41) is 0.547. The van der Waals surface area contributed by atoms with Gasteiger partial charge in [-0.25, -0.2) is 9.79 Å². The van der Waals surface area contributed by atoms with Gasteiger partial charge in [0.1, 0.15) is 6.61 Å². The summed E-state index contributed by atoms with van der Waals surface area (Å²) in [5.41, 5.74) is 1.91. The Labute approximate surface area is 217 Å². The summed E-state index contributed by atoms with van der Waals surface area (Å²) in [6.45, 7) is 8.53.